The van der Waals surface area contributed by atoms with Gasteiger partial charge in [0.15, 0.2) is 0 Å². The zero-order valence-electron chi connectivity index (χ0n) is 11.6. The van der Waals surface area contributed by atoms with Crippen molar-refractivity contribution in [3.8, 4) is 0 Å². The molecule has 4 heteroatoms. The lowest BCUT2D eigenvalue weighted by atomic mass is 9.72. The standard InChI is InChI=1S/C17H16O4/c1-12-7-9-14(10-8-12)17(16(20)21,11-15(18)19)13-5-3-2-4-6-13/h2-10H,11H2,1H3,(H,18,19)(H,20,21). The molecule has 1 atom stereocenters. The highest BCUT2D eigenvalue weighted by atomic mass is 16.4. The molecule has 0 aliphatic heterocycles. The molecule has 0 radical (unpaired) electrons. The molecular formula is C17H16O4. The van der Waals surface area contributed by atoms with Gasteiger partial charge in [-0.05, 0) is 18.1 Å². The molecule has 2 aromatic rings. The van der Waals surface area contributed by atoms with Crippen LogP contribution in [0.2, 0.25) is 0 Å². The maximum Gasteiger partial charge on any atom is 0.319 e. The van der Waals surface area contributed by atoms with Crippen molar-refractivity contribution in [3.63, 3.8) is 0 Å². The van der Waals surface area contributed by atoms with E-state index in [2.05, 4.69) is 0 Å². The number of aryl methyl sites for hydroxylation is 1. The summed E-state index contributed by atoms with van der Waals surface area (Å²) in [5.74, 6) is -2.32. The van der Waals surface area contributed by atoms with Crippen molar-refractivity contribution >= 4 is 11.9 Å². The SMILES string of the molecule is Cc1ccc(C(CC(=O)O)(C(=O)O)c2ccccc2)cc1. The van der Waals surface area contributed by atoms with Crippen LogP contribution in [-0.2, 0) is 15.0 Å². The van der Waals surface area contributed by atoms with E-state index in [1.54, 1.807) is 54.6 Å². The van der Waals surface area contributed by atoms with Crippen molar-refractivity contribution in [2.45, 2.75) is 18.8 Å². The third-order valence-corrected chi connectivity index (χ3v) is 3.59. The summed E-state index contributed by atoms with van der Waals surface area (Å²) in [5, 5.41) is 19.0. The van der Waals surface area contributed by atoms with Gasteiger partial charge in [0, 0.05) is 0 Å². The smallest absolute Gasteiger partial charge is 0.319 e. The first kappa shape index (κ1) is 14.8. The number of aliphatic carboxylic acids is 2. The molecule has 0 aliphatic rings. The number of carboxylic acid groups (broad SMARTS) is 2. The summed E-state index contributed by atoms with van der Waals surface area (Å²) in [7, 11) is 0. The van der Waals surface area contributed by atoms with E-state index in [4.69, 9.17) is 0 Å². The molecule has 0 saturated carbocycles. The van der Waals surface area contributed by atoms with Gasteiger partial charge in [0.1, 0.15) is 5.41 Å². The summed E-state index contributed by atoms with van der Waals surface area (Å²) in [4.78, 5) is 23.2. The summed E-state index contributed by atoms with van der Waals surface area (Å²) < 4.78 is 0. The summed E-state index contributed by atoms with van der Waals surface area (Å²) in [6.45, 7) is 1.89. The van der Waals surface area contributed by atoms with Crippen LogP contribution < -0.4 is 0 Å². The minimum atomic E-state index is -1.58. The second-order valence-electron chi connectivity index (χ2n) is 5.01. The van der Waals surface area contributed by atoms with Crippen LogP contribution in [0.25, 0.3) is 0 Å². The molecule has 4 nitrogen and oxygen atoms in total. The Morgan fingerprint density at radius 2 is 1.43 bits per heavy atom. The zero-order valence-corrected chi connectivity index (χ0v) is 11.6. The van der Waals surface area contributed by atoms with Crippen molar-refractivity contribution in [3.05, 3.63) is 71.3 Å². The molecule has 0 heterocycles. The van der Waals surface area contributed by atoms with Gasteiger partial charge in [-0.15, -0.1) is 0 Å². The van der Waals surface area contributed by atoms with Crippen molar-refractivity contribution < 1.29 is 19.8 Å². The number of hydrogen-bond acceptors (Lipinski definition) is 2. The highest BCUT2D eigenvalue weighted by Gasteiger charge is 2.44. The lowest BCUT2D eigenvalue weighted by Crippen LogP contribution is -2.39. The second kappa shape index (κ2) is 5.79. The molecule has 2 N–H and O–H groups in total. The van der Waals surface area contributed by atoms with Gasteiger partial charge in [-0.25, -0.2) is 0 Å². The molecule has 0 amide bonds. The van der Waals surface area contributed by atoms with Crippen LogP contribution in [0.15, 0.2) is 54.6 Å². The van der Waals surface area contributed by atoms with Crippen LogP contribution in [0, 0.1) is 6.92 Å². The van der Waals surface area contributed by atoms with Crippen LogP contribution in [0.4, 0.5) is 0 Å². The lowest BCUT2D eigenvalue weighted by Gasteiger charge is -2.29. The fraction of sp³-hybridized carbons (Fsp3) is 0.176. The van der Waals surface area contributed by atoms with E-state index < -0.39 is 23.8 Å². The molecule has 0 bridgehead atoms. The minimum Gasteiger partial charge on any atom is -0.481 e. The Hall–Kier alpha value is -2.62. The topological polar surface area (TPSA) is 74.6 Å². The van der Waals surface area contributed by atoms with Crippen LogP contribution in [0.1, 0.15) is 23.1 Å². The first-order valence-corrected chi connectivity index (χ1v) is 6.54. The predicted octanol–water partition coefficient (Wildman–Crippen LogP) is 2.84. The van der Waals surface area contributed by atoms with E-state index in [-0.39, 0.29) is 0 Å². The van der Waals surface area contributed by atoms with E-state index >= 15 is 0 Å². The number of hydrogen-bond donors (Lipinski definition) is 2. The molecule has 21 heavy (non-hydrogen) atoms. The Labute approximate surface area is 122 Å². The molecule has 2 aromatic carbocycles. The number of rotatable bonds is 5. The molecule has 108 valence electrons. The van der Waals surface area contributed by atoms with Gasteiger partial charge in [0.05, 0.1) is 6.42 Å². The van der Waals surface area contributed by atoms with Crippen molar-refractivity contribution in [2.75, 3.05) is 0 Å². The van der Waals surface area contributed by atoms with Gasteiger partial charge >= 0.3 is 11.9 Å². The van der Waals surface area contributed by atoms with Crippen LogP contribution in [-0.4, -0.2) is 22.2 Å². The third kappa shape index (κ3) is 2.79. The molecule has 0 aliphatic carbocycles. The Morgan fingerprint density at radius 3 is 1.90 bits per heavy atom. The van der Waals surface area contributed by atoms with Gasteiger partial charge in [0.2, 0.25) is 0 Å². The fourth-order valence-corrected chi connectivity index (χ4v) is 2.48. The van der Waals surface area contributed by atoms with Crippen LogP contribution >= 0.6 is 0 Å². The quantitative estimate of drug-likeness (QED) is 0.885. The summed E-state index contributed by atoms with van der Waals surface area (Å²) in [6.07, 6.45) is -0.505. The Morgan fingerprint density at radius 1 is 0.905 bits per heavy atom. The zero-order chi connectivity index (χ0) is 15.5. The third-order valence-electron chi connectivity index (χ3n) is 3.59. The lowest BCUT2D eigenvalue weighted by molar-refractivity contribution is -0.148. The van der Waals surface area contributed by atoms with Crippen molar-refractivity contribution in [1.82, 2.24) is 0 Å². The highest BCUT2D eigenvalue weighted by Crippen LogP contribution is 2.36. The summed E-state index contributed by atoms with van der Waals surface area (Å²) in [5.41, 5.74) is 0.334. The molecule has 0 aromatic heterocycles. The maximum atomic E-state index is 12.0. The first-order chi connectivity index (χ1) is 9.96. The largest absolute Gasteiger partial charge is 0.481 e. The normalized spacial score (nSPS) is 13.4. The van der Waals surface area contributed by atoms with Crippen LogP contribution in [0.5, 0.6) is 0 Å². The van der Waals surface area contributed by atoms with E-state index in [1.807, 2.05) is 6.92 Å². The van der Waals surface area contributed by atoms with Gasteiger partial charge < -0.3 is 10.2 Å². The molecule has 0 spiro atoms. The molecule has 0 saturated heterocycles. The molecule has 0 fully saturated rings. The van der Waals surface area contributed by atoms with E-state index in [0.29, 0.717) is 11.1 Å². The van der Waals surface area contributed by atoms with E-state index in [1.165, 1.54) is 0 Å². The number of benzene rings is 2. The van der Waals surface area contributed by atoms with E-state index in [0.717, 1.165) is 5.56 Å². The van der Waals surface area contributed by atoms with Gasteiger partial charge in [-0.2, -0.15) is 0 Å². The average molecular weight is 284 g/mol. The Balaban J connectivity index is 2.70. The highest BCUT2D eigenvalue weighted by molar-refractivity contribution is 5.91. The monoisotopic (exact) mass is 284 g/mol. The van der Waals surface area contributed by atoms with Gasteiger partial charge in [-0.3, -0.25) is 9.59 Å². The molecular weight excluding hydrogens is 268 g/mol. The number of carboxylic acids is 2. The summed E-state index contributed by atoms with van der Waals surface area (Å²) in [6, 6.07) is 15.4. The molecule has 1 unspecified atom stereocenters. The Kier molecular flexibility index (Phi) is 4.08. The minimum absolute atomic E-state index is 0.462. The molecule has 2 rings (SSSR count). The first-order valence-electron chi connectivity index (χ1n) is 6.54. The van der Waals surface area contributed by atoms with Crippen molar-refractivity contribution in [2.24, 2.45) is 0 Å². The average Bonchev–Trinajstić information content (AvgIpc) is 2.46. The van der Waals surface area contributed by atoms with E-state index in [9.17, 15) is 19.8 Å². The maximum absolute atomic E-state index is 12.0. The summed E-state index contributed by atoms with van der Waals surface area (Å²) >= 11 is 0. The second-order valence-corrected chi connectivity index (χ2v) is 5.01. The van der Waals surface area contributed by atoms with Gasteiger partial charge in [0.25, 0.3) is 0 Å². The van der Waals surface area contributed by atoms with Crippen molar-refractivity contribution in [1.29, 1.82) is 0 Å². The number of carbonyl (C=O) groups is 2. The Bertz CT molecular complexity index is 646. The van der Waals surface area contributed by atoms with Crippen LogP contribution in [0.3, 0.4) is 0 Å². The fourth-order valence-electron chi connectivity index (χ4n) is 2.48. The predicted molar refractivity (Wildman–Crippen MR) is 78.3 cm³/mol. The van der Waals surface area contributed by atoms with Gasteiger partial charge in [-0.1, -0.05) is 60.2 Å².